The number of Topliss-reactive ketones (excluding diaryl/α,β-unsaturated/α-hetero) is 1. The highest BCUT2D eigenvalue weighted by Crippen LogP contribution is 2.24. The van der Waals surface area contributed by atoms with E-state index in [0.717, 1.165) is 38.1 Å². The van der Waals surface area contributed by atoms with Gasteiger partial charge in [-0.3, -0.25) is 9.59 Å². The number of nitrogens with two attached hydrogens (primary N) is 1. The molecule has 1 aromatic rings. The Bertz CT molecular complexity index is 559. The Morgan fingerprint density at radius 2 is 2.21 bits per heavy atom. The number of thioether (sulfide) groups is 1. The van der Waals surface area contributed by atoms with Gasteiger partial charge in [0.1, 0.15) is 6.04 Å². The number of piperidine rings is 1. The van der Waals surface area contributed by atoms with Crippen LogP contribution >= 0.6 is 11.8 Å². The van der Waals surface area contributed by atoms with E-state index >= 15 is 0 Å². The van der Waals surface area contributed by atoms with E-state index < -0.39 is 12.0 Å². The quantitative estimate of drug-likeness (QED) is 0.589. The molecule has 0 radical (unpaired) electrons. The summed E-state index contributed by atoms with van der Waals surface area (Å²) in [6.45, 7) is 1.55. The van der Waals surface area contributed by atoms with Crippen molar-refractivity contribution >= 4 is 23.5 Å². The summed E-state index contributed by atoms with van der Waals surface area (Å²) in [5.74, 6) is -0.326. The van der Waals surface area contributed by atoms with E-state index in [2.05, 4.69) is 15.6 Å². The summed E-state index contributed by atoms with van der Waals surface area (Å²) in [5, 5.41) is 20.4. The van der Waals surface area contributed by atoms with Crippen LogP contribution in [0.4, 0.5) is 0 Å². The maximum absolute atomic E-state index is 12.8. The maximum Gasteiger partial charge on any atom is 0.305 e. The smallest absolute Gasteiger partial charge is 0.305 e. The van der Waals surface area contributed by atoms with Crippen molar-refractivity contribution in [3.63, 3.8) is 0 Å². The molecule has 2 heterocycles. The average molecular weight is 355 g/mol. The second kappa shape index (κ2) is 9.14. The molecule has 2 atom stereocenters. The van der Waals surface area contributed by atoms with Gasteiger partial charge in [0.05, 0.1) is 24.4 Å². The zero-order valence-corrected chi connectivity index (χ0v) is 14.7. The molecule has 0 spiro atoms. The van der Waals surface area contributed by atoms with Gasteiger partial charge in [0.15, 0.2) is 5.78 Å². The van der Waals surface area contributed by atoms with Gasteiger partial charge in [0.25, 0.3) is 0 Å². The van der Waals surface area contributed by atoms with E-state index in [9.17, 15) is 14.7 Å². The van der Waals surface area contributed by atoms with Gasteiger partial charge < -0.3 is 16.2 Å². The first-order valence-electron chi connectivity index (χ1n) is 8.15. The van der Waals surface area contributed by atoms with Gasteiger partial charge >= 0.3 is 5.97 Å². The summed E-state index contributed by atoms with van der Waals surface area (Å²) in [6.07, 6.45) is 5.55. The Labute approximate surface area is 145 Å². The molecule has 0 aromatic carbocycles. The van der Waals surface area contributed by atoms with Crippen molar-refractivity contribution in [3.8, 4) is 0 Å². The molecule has 9 heteroatoms. The van der Waals surface area contributed by atoms with Crippen molar-refractivity contribution in [3.05, 3.63) is 11.9 Å². The van der Waals surface area contributed by atoms with Crippen LogP contribution in [0, 0.1) is 5.92 Å². The lowest BCUT2D eigenvalue weighted by molar-refractivity contribution is -0.141. The van der Waals surface area contributed by atoms with E-state index in [4.69, 9.17) is 5.73 Å². The summed E-state index contributed by atoms with van der Waals surface area (Å²) in [6, 6.07) is -1.08. The van der Waals surface area contributed by atoms with Crippen LogP contribution < -0.4 is 11.1 Å². The lowest BCUT2D eigenvalue weighted by Crippen LogP contribution is -2.36. The summed E-state index contributed by atoms with van der Waals surface area (Å²) in [7, 11) is 0. The van der Waals surface area contributed by atoms with Gasteiger partial charge in [0, 0.05) is 5.92 Å². The van der Waals surface area contributed by atoms with Crippen LogP contribution in [0.1, 0.15) is 43.5 Å². The van der Waals surface area contributed by atoms with Crippen molar-refractivity contribution in [2.24, 2.45) is 11.7 Å². The van der Waals surface area contributed by atoms with Crippen molar-refractivity contribution < 1.29 is 14.7 Å². The molecular weight excluding hydrogens is 330 g/mol. The van der Waals surface area contributed by atoms with Crippen LogP contribution in [0.3, 0.4) is 0 Å². The summed E-state index contributed by atoms with van der Waals surface area (Å²) >= 11 is 1.70. The second-order valence-corrected chi connectivity index (χ2v) is 7.04. The molecule has 2 rings (SSSR count). The van der Waals surface area contributed by atoms with Crippen molar-refractivity contribution in [1.29, 1.82) is 0 Å². The van der Waals surface area contributed by atoms with Gasteiger partial charge in [-0.1, -0.05) is 5.21 Å². The maximum atomic E-state index is 12.8. The van der Waals surface area contributed by atoms with E-state index in [1.807, 2.05) is 6.26 Å². The van der Waals surface area contributed by atoms with Gasteiger partial charge in [-0.2, -0.15) is 11.8 Å². The van der Waals surface area contributed by atoms with Crippen molar-refractivity contribution in [1.82, 2.24) is 20.3 Å². The van der Waals surface area contributed by atoms with Gasteiger partial charge in [0.2, 0.25) is 0 Å². The highest BCUT2D eigenvalue weighted by atomic mass is 32.2. The zero-order valence-electron chi connectivity index (χ0n) is 13.9. The number of hydrogen-bond acceptors (Lipinski definition) is 7. The highest BCUT2D eigenvalue weighted by molar-refractivity contribution is 7.98. The standard InChI is InChI=1S/C15H25N5O3S/c1-24-7-4-11(16)12-9-20(19-18-12)13(8-14(21)22)15(23)10-2-5-17-6-3-10/h9-11,13,17H,2-8,16H2,1H3,(H,21,22)/t11-,13-/m0/s1. The number of nitrogens with one attached hydrogen (secondary N) is 1. The first kappa shape index (κ1) is 18.9. The molecule has 1 aliphatic rings. The molecule has 0 saturated carbocycles. The van der Waals surface area contributed by atoms with Crippen LogP contribution in [0.15, 0.2) is 6.20 Å². The fourth-order valence-electron chi connectivity index (χ4n) is 2.87. The zero-order chi connectivity index (χ0) is 17.5. The Hall–Kier alpha value is -1.45. The van der Waals surface area contributed by atoms with Crippen LogP contribution in [0.5, 0.6) is 0 Å². The lowest BCUT2D eigenvalue weighted by atomic mass is 9.88. The molecule has 1 fully saturated rings. The fraction of sp³-hybridized carbons (Fsp3) is 0.733. The Kier molecular flexibility index (Phi) is 7.19. The van der Waals surface area contributed by atoms with E-state index in [-0.39, 0.29) is 24.2 Å². The topological polar surface area (TPSA) is 123 Å². The van der Waals surface area contributed by atoms with E-state index in [1.54, 1.807) is 18.0 Å². The summed E-state index contributed by atoms with van der Waals surface area (Å²) in [4.78, 5) is 24.0. The van der Waals surface area contributed by atoms with Gasteiger partial charge in [-0.25, -0.2) is 4.68 Å². The largest absolute Gasteiger partial charge is 0.481 e. The molecule has 0 amide bonds. The number of aromatic nitrogens is 3. The molecule has 0 bridgehead atoms. The Morgan fingerprint density at radius 1 is 1.50 bits per heavy atom. The normalized spacial score (nSPS) is 18.2. The number of aliphatic carboxylic acids is 1. The van der Waals surface area contributed by atoms with E-state index in [0.29, 0.717) is 5.69 Å². The third-order valence-electron chi connectivity index (χ3n) is 4.30. The fourth-order valence-corrected chi connectivity index (χ4v) is 3.36. The van der Waals surface area contributed by atoms with Crippen molar-refractivity contribution in [2.75, 3.05) is 25.1 Å². The third-order valence-corrected chi connectivity index (χ3v) is 4.94. The molecule has 0 unspecified atom stereocenters. The highest BCUT2D eigenvalue weighted by Gasteiger charge is 2.32. The Balaban J connectivity index is 2.13. The van der Waals surface area contributed by atoms with Gasteiger partial charge in [-0.15, -0.1) is 5.10 Å². The third kappa shape index (κ3) is 5.02. The van der Waals surface area contributed by atoms with E-state index in [1.165, 1.54) is 4.68 Å². The molecule has 0 aliphatic carbocycles. The SMILES string of the molecule is CSCC[C@H](N)c1cn([C@@H](CC(=O)O)C(=O)C2CCNCC2)nn1. The molecule has 24 heavy (non-hydrogen) atoms. The van der Waals surface area contributed by atoms with Crippen LogP contribution in [-0.4, -0.2) is 57.0 Å². The van der Waals surface area contributed by atoms with Crippen LogP contribution in [0.25, 0.3) is 0 Å². The molecule has 1 aromatic heterocycles. The number of carboxylic acid groups (broad SMARTS) is 1. The number of carboxylic acids is 1. The Morgan fingerprint density at radius 3 is 2.83 bits per heavy atom. The number of carbonyl (C=O) groups is 2. The predicted molar refractivity (Wildman–Crippen MR) is 91.8 cm³/mol. The predicted octanol–water partition coefficient (Wildman–Crippen LogP) is 0.616. The second-order valence-electron chi connectivity index (χ2n) is 6.05. The molecule has 134 valence electrons. The number of carbonyl (C=O) groups excluding carboxylic acids is 1. The first-order chi connectivity index (χ1) is 11.5. The van der Waals surface area contributed by atoms with Crippen LogP contribution in [0.2, 0.25) is 0 Å². The molecule has 1 aliphatic heterocycles. The summed E-state index contributed by atoms with van der Waals surface area (Å²) < 4.78 is 1.38. The number of rotatable bonds is 9. The van der Waals surface area contributed by atoms with Crippen molar-refractivity contribution in [2.45, 2.75) is 37.8 Å². The van der Waals surface area contributed by atoms with Gasteiger partial charge in [-0.05, 0) is 44.4 Å². The molecule has 8 nitrogen and oxygen atoms in total. The lowest BCUT2D eigenvalue weighted by Gasteiger charge is -2.25. The van der Waals surface area contributed by atoms with Crippen LogP contribution in [-0.2, 0) is 9.59 Å². The monoisotopic (exact) mass is 355 g/mol. The molecular formula is C15H25N5O3S. The molecule has 4 N–H and O–H groups in total. The number of hydrogen-bond donors (Lipinski definition) is 3. The first-order valence-corrected chi connectivity index (χ1v) is 9.54. The average Bonchev–Trinajstić information content (AvgIpc) is 3.07. The minimum absolute atomic E-state index is 0.0759. The minimum atomic E-state index is -1.02. The number of ketones is 1. The minimum Gasteiger partial charge on any atom is -0.481 e. The summed E-state index contributed by atoms with van der Waals surface area (Å²) in [5.41, 5.74) is 6.67. The molecule has 1 saturated heterocycles. The number of nitrogens with zero attached hydrogens (tertiary/aromatic N) is 3.